The van der Waals surface area contributed by atoms with Crippen LogP contribution in [0.25, 0.3) is 11.0 Å². The molecule has 0 bridgehead atoms. The zero-order chi connectivity index (χ0) is 10.4. The highest BCUT2D eigenvalue weighted by atomic mass is 14.9. The first-order chi connectivity index (χ1) is 7.24. The van der Waals surface area contributed by atoms with Crippen molar-refractivity contribution in [2.45, 2.75) is 32.6 Å². The molecule has 3 rings (SSSR count). The van der Waals surface area contributed by atoms with E-state index in [0.717, 1.165) is 17.3 Å². The molecule has 1 aromatic heterocycles. The average Bonchev–Trinajstić information content (AvgIpc) is 2.97. The number of nitrogens with zero attached hydrogens (tertiary/aromatic N) is 1. The second-order valence-electron chi connectivity index (χ2n) is 4.77. The highest BCUT2D eigenvalue weighted by Crippen LogP contribution is 2.41. The molecule has 2 aromatic rings. The van der Waals surface area contributed by atoms with Crippen LogP contribution in [0.4, 0.5) is 0 Å². The minimum atomic E-state index is 0.595. The monoisotopic (exact) mass is 200 g/mol. The highest BCUT2D eigenvalue weighted by molar-refractivity contribution is 5.75. The summed E-state index contributed by atoms with van der Waals surface area (Å²) in [7, 11) is 0. The van der Waals surface area contributed by atoms with Crippen LogP contribution in [-0.4, -0.2) is 9.97 Å². The normalized spacial score (nSPS) is 18.3. The van der Waals surface area contributed by atoms with E-state index in [1.807, 2.05) is 0 Å². The van der Waals surface area contributed by atoms with Crippen molar-refractivity contribution in [3.8, 4) is 0 Å². The van der Waals surface area contributed by atoms with Gasteiger partial charge in [-0.2, -0.15) is 0 Å². The van der Waals surface area contributed by atoms with Gasteiger partial charge in [0.1, 0.15) is 5.82 Å². The predicted octanol–water partition coefficient (Wildman–Crippen LogP) is 3.38. The predicted molar refractivity (Wildman–Crippen MR) is 62.0 cm³/mol. The zero-order valence-electron chi connectivity index (χ0n) is 9.25. The number of H-pyrrole nitrogens is 1. The minimum absolute atomic E-state index is 0.595. The van der Waals surface area contributed by atoms with Crippen molar-refractivity contribution in [1.29, 1.82) is 0 Å². The summed E-state index contributed by atoms with van der Waals surface area (Å²) in [5.41, 5.74) is 3.57. The first-order valence-corrected chi connectivity index (χ1v) is 5.70. The summed E-state index contributed by atoms with van der Waals surface area (Å²) >= 11 is 0. The Hall–Kier alpha value is -1.31. The Kier molecular flexibility index (Phi) is 1.84. The van der Waals surface area contributed by atoms with Crippen LogP contribution >= 0.6 is 0 Å². The van der Waals surface area contributed by atoms with Crippen LogP contribution in [-0.2, 0) is 0 Å². The van der Waals surface area contributed by atoms with Gasteiger partial charge in [0.2, 0.25) is 0 Å². The molecule has 0 saturated heterocycles. The van der Waals surface area contributed by atoms with E-state index in [4.69, 9.17) is 0 Å². The van der Waals surface area contributed by atoms with Gasteiger partial charge in [-0.15, -0.1) is 0 Å². The number of fused-ring (bicyclic) bond motifs is 1. The van der Waals surface area contributed by atoms with Gasteiger partial charge < -0.3 is 4.98 Å². The van der Waals surface area contributed by atoms with Crippen LogP contribution in [0, 0.1) is 12.8 Å². The molecule has 0 spiro atoms. The number of aromatic amines is 1. The molecule has 2 heteroatoms. The molecule has 1 fully saturated rings. The number of hydrogen-bond acceptors (Lipinski definition) is 1. The van der Waals surface area contributed by atoms with E-state index in [2.05, 4.69) is 42.0 Å². The van der Waals surface area contributed by atoms with Gasteiger partial charge in [0, 0.05) is 5.92 Å². The fourth-order valence-electron chi connectivity index (χ4n) is 2.18. The molecule has 1 heterocycles. The number of imidazole rings is 1. The van der Waals surface area contributed by atoms with Gasteiger partial charge in [0.05, 0.1) is 11.0 Å². The Balaban J connectivity index is 2.05. The number of rotatable bonds is 2. The molecule has 1 aliphatic carbocycles. The maximum atomic E-state index is 4.66. The molecule has 0 aliphatic heterocycles. The Morgan fingerprint density at radius 3 is 2.93 bits per heavy atom. The van der Waals surface area contributed by atoms with E-state index in [0.29, 0.717) is 5.92 Å². The van der Waals surface area contributed by atoms with E-state index in [-0.39, 0.29) is 0 Å². The molecule has 1 atom stereocenters. The number of aryl methyl sites for hydroxylation is 1. The summed E-state index contributed by atoms with van der Waals surface area (Å²) in [5.74, 6) is 2.63. The molecule has 1 aliphatic rings. The molecular formula is C13H16N2. The molecule has 1 aromatic carbocycles. The Bertz CT molecular complexity index is 494. The van der Waals surface area contributed by atoms with Crippen molar-refractivity contribution in [1.82, 2.24) is 9.97 Å². The summed E-state index contributed by atoms with van der Waals surface area (Å²) in [6.07, 6.45) is 2.74. The van der Waals surface area contributed by atoms with Gasteiger partial charge >= 0.3 is 0 Å². The lowest BCUT2D eigenvalue weighted by molar-refractivity contribution is 0.630. The summed E-state index contributed by atoms with van der Waals surface area (Å²) in [6.45, 7) is 4.40. The molecule has 1 saturated carbocycles. The van der Waals surface area contributed by atoms with E-state index in [1.165, 1.54) is 23.9 Å². The maximum absolute atomic E-state index is 4.66. The lowest BCUT2D eigenvalue weighted by Gasteiger charge is -2.04. The summed E-state index contributed by atoms with van der Waals surface area (Å²) in [4.78, 5) is 8.11. The zero-order valence-corrected chi connectivity index (χ0v) is 9.25. The quantitative estimate of drug-likeness (QED) is 0.791. The third-order valence-corrected chi connectivity index (χ3v) is 3.42. The average molecular weight is 200 g/mol. The molecule has 1 unspecified atom stereocenters. The van der Waals surface area contributed by atoms with Crippen molar-refractivity contribution >= 4 is 11.0 Å². The third kappa shape index (κ3) is 1.54. The highest BCUT2D eigenvalue weighted by Gasteiger charge is 2.30. The molecule has 2 nitrogen and oxygen atoms in total. The van der Waals surface area contributed by atoms with E-state index in [9.17, 15) is 0 Å². The standard InChI is InChI=1S/C13H16N2/c1-8-3-6-11-12(7-8)15-13(14-11)9(2)10-4-5-10/h3,6-7,9-10H,4-5H2,1-2H3,(H,14,15). The topological polar surface area (TPSA) is 28.7 Å². The number of hydrogen-bond donors (Lipinski definition) is 1. The van der Waals surface area contributed by atoms with Crippen LogP contribution in [0.2, 0.25) is 0 Å². The van der Waals surface area contributed by atoms with E-state index in [1.54, 1.807) is 0 Å². The Morgan fingerprint density at radius 2 is 2.20 bits per heavy atom. The molecule has 15 heavy (non-hydrogen) atoms. The summed E-state index contributed by atoms with van der Waals surface area (Å²) in [5, 5.41) is 0. The van der Waals surface area contributed by atoms with Crippen molar-refractivity contribution < 1.29 is 0 Å². The first-order valence-electron chi connectivity index (χ1n) is 5.70. The van der Waals surface area contributed by atoms with Crippen LogP contribution in [0.3, 0.4) is 0 Å². The van der Waals surface area contributed by atoms with Gasteiger partial charge in [0.15, 0.2) is 0 Å². The van der Waals surface area contributed by atoms with Gasteiger partial charge in [-0.1, -0.05) is 13.0 Å². The molecule has 0 radical (unpaired) electrons. The second-order valence-corrected chi connectivity index (χ2v) is 4.77. The van der Waals surface area contributed by atoms with Crippen molar-refractivity contribution in [3.05, 3.63) is 29.6 Å². The lowest BCUT2D eigenvalue weighted by atomic mass is 10.1. The smallest absolute Gasteiger partial charge is 0.110 e. The Labute approximate surface area is 89.7 Å². The van der Waals surface area contributed by atoms with E-state index < -0.39 is 0 Å². The molecule has 78 valence electrons. The number of benzene rings is 1. The van der Waals surface area contributed by atoms with Crippen LogP contribution in [0.15, 0.2) is 18.2 Å². The second kappa shape index (κ2) is 3.09. The SMILES string of the molecule is Cc1ccc2nc(C(C)C3CC3)[nH]c2c1. The largest absolute Gasteiger partial charge is 0.342 e. The summed E-state index contributed by atoms with van der Waals surface area (Å²) < 4.78 is 0. The maximum Gasteiger partial charge on any atom is 0.110 e. The van der Waals surface area contributed by atoms with Gasteiger partial charge in [-0.3, -0.25) is 0 Å². The van der Waals surface area contributed by atoms with Gasteiger partial charge in [0.25, 0.3) is 0 Å². The van der Waals surface area contributed by atoms with Crippen LogP contribution < -0.4 is 0 Å². The van der Waals surface area contributed by atoms with Crippen LogP contribution in [0.1, 0.15) is 37.1 Å². The number of aromatic nitrogens is 2. The van der Waals surface area contributed by atoms with Crippen molar-refractivity contribution in [2.75, 3.05) is 0 Å². The lowest BCUT2D eigenvalue weighted by Crippen LogP contribution is -1.97. The van der Waals surface area contributed by atoms with Crippen molar-refractivity contribution in [2.24, 2.45) is 5.92 Å². The fraction of sp³-hybridized carbons (Fsp3) is 0.462. The van der Waals surface area contributed by atoms with Gasteiger partial charge in [-0.25, -0.2) is 4.98 Å². The third-order valence-electron chi connectivity index (χ3n) is 3.42. The first kappa shape index (κ1) is 8.96. The molecule has 1 N–H and O–H groups in total. The molecule has 0 amide bonds. The van der Waals surface area contributed by atoms with Crippen molar-refractivity contribution in [3.63, 3.8) is 0 Å². The Morgan fingerprint density at radius 1 is 1.40 bits per heavy atom. The van der Waals surface area contributed by atoms with Crippen LogP contribution in [0.5, 0.6) is 0 Å². The van der Waals surface area contributed by atoms with E-state index >= 15 is 0 Å². The number of nitrogens with one attached hydrogen (secondary N) is 1. The summed E-state index contributed by atoms with van der Waals surface area (Å²) in [6, 6.07) is 6.39. The fourth-order valence-corrected chi connectivity index (χ4v) is 2.18. The minimum Gasteiger partial charge on any atom is -0.342 e. The van der Waals surface area contributed by atoms with Gasteiger partial charge in [-0.05, 0) is 43.4 Å². The molecular weight excluding hydrogens is 184 g/mol.